The van der Waals surface area contributed by atoms with Gasteiger partial charge in [0.2, 0.25) is 0 Å². The van der Waals surface area contributed by atoms with Gasteiger partial charge in [-0.25, -0.2) is 0 Å². The first kappa shape index (κ1) is 18.4. The van der Waals surface area contributed by atoms with Crippen LogP contribution in [0.25, 0.3) is 0 Å². The quantitative estimate of drug-likeness (QED) is 0.796. The molecule has 2 N–H and O–H groups in total. The van der Waals surface area contributed by atoms with E-state index in [0.29, 0.717) is 6.61 Å². The monoisotopic (exact) mass is 354 g/mol. The average Bonchev–Trinajstić information content (AvgIpc) is 2.61. The average molecular weight is 354 g/mol. The normalized spacial score (nSPS) is 16.8. The summed E-state index contributed by atoms with van der Waals surface area (Å²) in [4.78, 5) is 2.31. The summed E-state index contributed by atoms with van der Waals surface area (Å²) in [6.45, 7) is 11.1. The molecule has 1 aliphatic rings. The van der Waals surface area contributed by atoms with E-state index in [1.807, 2.05) is 18.2 Å². The van der Waals surface area contributed by atoms with E-state index in [4.69, 9.17) is 15.2 Å². The Morgan fingerprint density at radius 1 is 1.15 bits per heavy atom. The minimum absolute atomic E-state index is 0.158. The number of benzene rings is 2. The lowest BCUT2D eigenvalue weighted by Crippen LogP contribution is -2.41. The number of nitrogens with zero attached hydrogens (tertiary/aromatic N) is 1. The summed E-state index contributed by atoms with van der Waals surface area (Å²) in [5.74, 6) is 1.82. The zero-order valence-electron chi connectivity index (χ0n) is 16.3. The smallest absolute Gasteiger partial charge is 0.143 e. The second-order valence-corrected chi connectivity index (χ2v) is 7.94. The van der Waals surface area contributed by atoms with E-state index in [-0.39, 0.29) is 11.5 Å². The number of ether oxygens (including phenoxy) is 2. The summed E-state index contributed by atoms with van der Waals surface area (Å²) in [5.41, 5.74) is 9.25. The number of anilines is 2. The van der Waals surface area contributed by atoms with Crippen molar-refractivity contribution in [2.75, 3.05) is 30.3 Å². The van der Waals surface area contributed by atoms with Crippen molar-refractivity contribution < 1.29 is 9.47 Å². The number of nitrogen functional groups attached to an aromatic ring is 1. The molecule has 0 bridgehead atoms. The van der Waals surface area contributed by atoms with E-state index in [2.05, 4.69) is 56.9 Å². The molecule has 0 saturated heterocycles. The Labute approximate surface area is 156 Å². The molecule has 0 aliphatic carbocycles. The topological polar surface area (TPSA) is 47.7 Å². The maximum Gasteiger partial charge on any atom is 0.143 e. The van der Waals surface area contributed by atoms with Gasteiger partial charge in [-0.1, -0.05) is 39.8 Å². The zero-order valence-corrected chi connectivity index (χ0v) is 16.3. The molecule has 0 radical (unpaired) electrons. The Morgan fingerprint density at radius 3 is 2.54 bits per heavy atom. The summed E-state index contributed by atoms with van der Waals surface area (Å²) in [6.07, 6.45) is 1.19. The Balaban J connectivity index is 1.63. The van der Waals surface area contributed by atoms with Gasteiger partial charge in [0.1, 0.15) is 24.2 Å². The molecule has 3 rings (SSSR count). The fourth-order valence-electron chi connectivity index (χ4n) is 3.19. The van der Waals surface area contributed by atoms with E-state index in [9.17, 15) is 0 Å². The van der Waals surface area contributed by atoms with Gasteiger partial charge in [-0.2, -0.15) is 0 Å². The zero-order chi connectivity index (χ0) is 18.7. The molecule has 26 heavy (non-hydrogen) atoms. The van der Waals surface area contributed by atoms with Crippen molar-refractivity contribution in [3.05, 3.63) is 48.0 Å². The van der Waals surface area contributed by atoms with Crippen molar-refractivity contribution in [1.82, 2.24) is 0 Å². The third-order valence-corrected chi connectivity index (χ3v) is 4.85. The highest BCUT2D eigenvalue weighted by atomic mass is 16.5. The molecule has 140 valence electrons. The number of fused-ring (bicyclic) bond motifs is 1. The van der Waals surface area contributed by atoms with Gasteiger partial charge in [0.05, 0.1) is 18.8 Å². The van der Waals surface area contributed by atoms with E-state index >= 15 is 0 Å². The summed E-state index contributed by atoms with van der Waals surface area (Å²) in [6, 6.07) is 14.2. The maximum atomic E-state index is 6.04. The predicted octanol–water partition coefficient (Wildman–Crippen LogP) is 4.62. The molecule has 0 saturated carbocycles. The van der Waals surface area contributed by atoms with Crippen LogP contribution in [0, 0.1) is 0 Å². The summed E-state index contributed by atoms with van der Waals surface area (Å²) in [7, 11) is 0. The first-order valence-electron chi connectivity index (χ1n) is 9.41. The molecule has 2 aromatic carbocycles. The highest BCUT2D eigenvalue weighted by molar-refractivity contribution is 5.66. The van der Waals surface area contributed by atoms with Gasteiger partial charge < -0.3 is 20.1 Å². The minimum Gasteiger partial charge on any atom is -0.492 e. The van der Waals surface area contributed by atoms with Crippen molar-refractivity contribution in [3.63, 3.8) is 0 Å². The Bertz CT molecular complexity index is 735. The Hall–Kier alpha value is -2.36. The Morgan fingerprint density at radius 2 is 1.88 bits per heavy atom. The SMILES string of the molecule is CCC1CN(CCOc2ccc(C(C)(C)C)cc2)c2cc(N)ccc2O1. The molecular formula is C22H30N2O2. The third kappa shape index (κ3) is 4.24. The summed E-state index contributed by atoms with van der Waals surface area (Å²) in [5, 5.41) is 0. The van der Waals surface area contributed by atoms with Gasteiger partial charge in [-0.15, -0.1) is 0 Å². The van der Waals surface area contributed by atoms with E-state index in [1.165, 1.54) is 5.56 Å². The van der Waals surface area contributed by atoms with Gasteiger partial charge in [0.25, 0.3) is 0 Å². The lowest BCUT2D eigenvalue weighted by Gasteiger charge is -2.36. The lowest BCUT2D eigenvalue weighted by atomic mass is 9.87. The van der Waals surface area contributed by atoms with Crippen molar-refractivity contribution in [3.8, 4) is 11.5 Å². The molecule has 2 aromatic rings. The van der Waals surface area contributed by atoms with Crippen LogP contribution in [-0.4, -0.2) is 25.8 Å². The minimum atomic E-state index is 0.158. The first-order valence-corrected chi connectivity index (χ1v) is 9.41. The van der Waals surface area contributed by atoms with Crippen LogP contribution in [0.2, 0.25) is 0 Å². The molecular weight excluding hydrogens is 324 g/mol. The molecule has 0 fully saturated rings. The number of hydrogen-bond donors (Lipinski definition) is 1. The third-order valence-electron chi connectivity index (χ3n) is 4.85. The van der Waals surface area contributed by atoms with Crippen molar-refractivity contribution in [2.24, 2.45) is 0 Å². The van der Waals surface area contributed by atoms with Crippen molar-refractivity contribution in [2.45, 2.75) is 45.6 Å². The van der Waals surface area contributed by atoms with Crippen LogP contribution in [-0.2, 0) is 5.41 Å². The molecule has 4 heteroatoms. The van der Waals surface area contributed by atoms with Gasteiger partial charge in [0.15, 0.2) is 0 Å². The van der Waals surface area contributed by atoms with Crippen LogP contribution in [0.4, 0.5) is 11.4 Å². The standard InChI is InChI=1S/C22H30N2O2/c1-5-18-15-24(20-14-17(23)8-11-21(20)26-18)12-13-25-19-9-6-16(7-10-19)22(2,3)4/h6-11,14,18H,5,12-13,15,23H2,1-4H3. The molecule has 0 aromatic heterocycles. The van der Waals surface area contributed by atoms with Crippen LogP contribution < -0.4 is 20.1 Å². The molecule has 1 heterocycles. The van der Waals surface area contributed by atoms with Gasteiger partial charge in [0, 0.05) is 5.69 Å². The van der Waals surface area contributed by atoms with Crippen molar-refractivity contribution >= 4 is 11.4 Å². The van der Waals surface area contributed by atoms with E-state index < -0.39 is 0 Å². The highest BCUT2D eigenvalue weighted by Gasteiger charge is 2.24. The van der Waals surface area contributed by atoms with Gasteiger partial charge in [-0.3, -0.25) is 0 Å². The molecule has 0 spiro atoms. The van der Waals surface area contributed by atoms with E-state index in [0.717, 1.165) is 42.4 Å². The van der Waals surface area contributed by atoms with Crippen LogP contribution in [0.3, 0.4) is 0 Å². The number of nitrogens with two attached hydrogens (primary N) is 1. The van der Waals surface area contributed by atoms with Crippen LogP contribution in [0.1, 0.15) is 39.7 Å². The molecule has 1 unspecified atom stereocenters. The van der Waals surface area contributed by atoms with Gasteiger partial charge >= 0.3 is 0 Å². The maximum absolute atomic E-state index is 6.04. The second-order valence-electron chi connectivity index (χ2n) is 7.94. The first-order chi connectivity index (χ1) is 12.4. The summed E-state index contributed by atoms with van der Waals surface area (Å²) < 4.78 is 12.0. The predicted molar refractivity (Wildman–Crippen MR) is 108 cm³/mol. The van der Waals surface area contributed by atoms with Crippen molar-refractivity contribution in [1.29, 1.82) is 0 Å². The van der Waals surface area contributed by atoms with Crippen LogP contribution in [0.5, 0.6) is 11.5 Å². The number of hydrogen-bond acceptors (Lipinski definition) is 4. The van der Waals surface area contributed by atoms with Crippen LogP contribution in [0.15, 0.2) is 42.5 Å². The molecule has 4 nitrogen and oxygen atoms in total. The van der Waals surface area contributed by atoms with Gasteiger partial charge in [-0.05, 0) is 47.7 Å². The van der Waals surface area contributed by atoms with E-state index in [1.54, 1.807) is 0 Å². The fraction of sp³-hybridized carbons (Fsp3) is 0.455. The number of rotatable bonds is 5. The largest absolute Gasteiger partial charge is 0.492 e. The summed E-state index contributed by atoms with van der Waals surface area (Å²) >= 11 is 0. The second kappa shape index (κ2) is 7.48. The Kier molecular flexibility index (Phi) is 5.30. The van der Waals surface area contributed by atoms with Crippen LogP contribution >= 0.6 is 0 Å². The highest BCUT2D eigenvalue weighted by Crippen LogP contribution is 2.35. The lowest BCUT2D eigenvalue weighted by molar-refractivity contribution is 0.186. The molecule has 0 amide bonds. The molecule has 1 atom stereocenters. The molecule has 1 aliphatic heterocycles. The fourth-order valence-corrected chi connectivity index (χ4v) is 3.19.